The van der Waals surface area contributed by atoms with Gasteiger partial charge in [-0.05, 0) is 13.1 Å². The van der Waals surface area contributed by atoms with Crippen LogP contribution in [0, 0.1) is 0 Å². The summed E-state index contributed by atoms with van der Waals surface area (Å²) in [7, 11) is 0. The van der Waals surface area contributed by atoms with Gasteiger partial charge >= 0.3 is 0 Å². The number of aliphatic hydroxyl groups excluding tert-OH is 1. The van der Waals surface area contributed by atoms with Gasteiger partial charge < -0.3 is 15.0 Å². The third kappa shape index (κ3) is 3.12. The largest absolute Gasteiger partial charge is 0.390 e. The fourth-order valence-corrected chi connectivity index (χ4v) is 1.42. The Bertz CT molecular complexity index is 256. The van der Waals surface area contributed by atoms with E-state index >= 15 is 0 Å². The molecule has 1 aromatic rings. The van der Waals surface area contributed by atoms with Gasteiger partial charge in [0.05, 0.1) is 18.5 Å². The van der Waals surface area contributed by atoms with Gasteiger partial charge in [-0.3, -0.25) is 0 Å². The third-order valence-corrected chi connectivity index (χ3v) is 2.41. The van der Waals surface area contributed by atoms with E-state index in [1.807, 2.05) is 0 Å². The predicted octanol–water partition coefficient (Wildman–Crippen LogP) is 0.786. The molecule has 0 unspecified atom stereocenters. The van der Waals surface area contributed by atoms with Crippen LogP contribution < -0.4 is 0 Å². The Morgan fingerprint density at radius 2 is 2.14 bits per heavy atom. The van der Waals surface area contributed by atoms with Crippen LogP contribution >= 0.6 is 0 Å². The number of imidazole rings is 1. The molecule has 0 saturated heterocycles. The zero-order chi connectivity index (χ0) is 10.4. The second kappa shape index (κ2) is 5.78. The maximum Gasteiger partial charge on any atom is 0.107 e. The van der Waals surface area contributed by atoms with Gasteiger partial charge in [-0.15, -0.1) is 0 Å². The number of hydrogen-bond donors (Lipinski definition) is 2. The van der Waals surface area contributed by atoms with Gasteiger partial charge in [0.2, 0.25) is 0 Å². The van der Waals surface area contributed by atoms with E-state index in [-0.39, 0.29) is 6.61 Å². The van der Waals surface area contributed by atoms with E-state index in [4.69, 9.17) is 5.11 Å². The summed E-state index contributed by atoms with van der Waals surface area (Å²) in [4.78, 5) is 9.61. The molecular formula is C10H19N3O. The molecule has 80 valence electrons. The fourth-order valence-electron chi connectivity index (χ4n) is 1.42. The van der Waals surface area contributed by atoms with Crippen molar-refractivity contribution in [1.29, 1.82) is 0 Å². The molecule has 14 heavy (non-hydrogen) atoms. The van der Waals surface area contributed by atoms with Crippen molar-refractivity contribution in [1.82, 2.24) is 14.9 Å². The second-order valence-electron chi connectivity index (χ2n) is 3.29. The lowest BCUT2D eigenvalue weighted by molar-refractivity contribution is 0.277. The highest BCUT2D eigenvalue weighted by Crippen LogP contribution is 1.99. The number of aromatic nitrogens is 2. The number of likely N-dealkylation sites (N-methyl/N-ethyl adjacent to an activating group) is 1. The summed E-state index contributed by atoms with van der Waals surface area (Å²) in [5.41, 5.74) is 0.791. The molecule has 1 rings (SSSR count). The minimum atomic E-state index is 0.0400. The van der Waals surface area contributed by atoms with Crippen molar-refractivity contribution in [3.05, 3.63) is 17.7 Å². The molecule has 0 spiro atoms. The van der Waals surface area contributed by atoms with Crippen LogP contribution in [-0.4, -0.2) is 39.6 Å². The van der Waals surface area contributed by atoms with Crippen molar-refractivity contribution in [3.63, 3.8) is 0 Å². The molecular weight excluding hydrogens is 178 g/mol. The smallest absolute Gasteiger partial charge is 0.107 e. The number of nitrogens with one attached hydrogen (secondary N) is 1. The molecule has 0 aliphatic carbocycles. The Kier molecular flexibility index (Phi) is 4.62. The van der Waals surface area contributed by atoms with Crippen molar-refractivity contribution in [2.24, 2.45) is 0 Å². The summed E-state index contributed by atoms with van der Waals surface area (Å²) in [6.45, 7) is 7.52. The molecule has 4 heteroatoms. The van der Waals surface area contributed by atoms with Gasteiger partial charge in [0.1, 0.15) is 5.82 Å². The van der Waals surface area contributed by atoms with Gasteiger partial charge in [-0.2, -0.15) is 0 Å². The summed E-state index contributed by atoms with van der Waals surface area (Å²) in [5, 5.41) is 8.84. The Hall–Kier alpha value is -0.870. The van der Waals surface area contributed by atoms with Crippen LogP contribution in [0.2, 0.25) is 0 Å². The lowest BCUT2D eigenvalue weighted by atomic mass is 10.3. The van der Waals surface area contributed by atoms with E-state index < -0.39 is 0 Å². The van der Waals surface area contributed by atoms with Crippen molar-refractivity contribution >= 4 is 0 Å². The maximum absolute atomic E-state index is 8.84. The van der Waals surface area contributed by atoms with Gasteiger partial charge in [-0.25, -0.2) is 4.98 Å². The number of rotatable bonds is 6. The fraction of sp³-hybridized carbons (Fsp3) is 0.700. The first-order valence-corrected chi connectivity index (χ1v) is 5.16. The molecule has 0 aromatic carbocycles. The van der Waals surface area contributed by atoms with Gasteiger partial charge in [0.15, 0.2) is 0 Å². The number of aliphatic hydroxyl groups is 1. The molecule has 0 aliphatic rings. The maximum atomic E-state index is 8.84. The Balaban J connectivity index is 2.37. The molecule has 0 fully saturated rings. The molecule has 0 saturated carbocycles. The highest BCUT2D eigenvalue weighted by Gasteiger charge is 2.02. The van der Waals surface area contributed by atoms with Crippen LogP contribution in [0.15, 0.2) is 6.20 Å². The highest BCUT2D eigenvalue weighted by atomic mass is 16.3. The average Bonchev–Trinajstić information content (AvgIpc) is 2.67. The summed E-state index contributed by atoms with van der Waals surface area (Å²) >= 11 is 0. The quantitative estimate of drug-likeness (QED) is 0.709. The summed E-state index contributed by atoms with van der Waals surface area (Å²) in [6.07, 6.45) is 2.61. The average molecular weight is 197 g/mol. The van der Waals surface area contributed by atoms with Gasteiger partial charge in [0, 0.05) is 13.0 Å². The number of hydrogen-bond acceptors (Lipinski definition) is 3. The van der Waals surface area contributed by atoms with Crippen LogP contribution in [0.4, 0.5) is 0 Å². The summed E-state index contributed by atoms with van der Waals surface area (Å²) in [5.74, 6) is 0.959. The third-order valence-electron chi connectivity index (χ3n) is 2.41. The summed E-state index contributed by atoms with van der Waals surface area (Å²) < 4.78 is 0. The Labute approximate surface area is 85.0 Å². The topological polar surface area (TPSA) is 52.1 Å². The normalized spacial score (nSPS) is 11.1. The first-order chi connectivity index (χ1) is 6.80. The molecule has 0 radical (unpaired) electrons. The lowest BCUT2D eigenvalue weighted by Gasteiger charge is -2.16. The molecule has 1 heterocycles. The molecule has 0 amide bonds. The Morgan fingerprint density at radius 1 is 1.43 bits per heavy atom. The number of H-pyrrole nitrogens is 1. The van der Waals surface area contributed by atoms with Crippen molar-refractivity contribution < 1.29 is 5.11 Å². The van der Waals surface area contributed by atoms with E-state index in [0.717, 1.165) is 37.6 Å². The minimum absolute atomic E-state index is 0.0400. The first kappa shape index (κ1) is 11.2. The van der Waals surface area contributed by atoms with Crippen LogP contribution in [0.3, 0.4) is 0 Å². The molecule has 1 aromatic heterocycles. The van der Waals surface area contributed by atoms with E-state index in [2.05, 4.69) is 28.7 Å². The first-order valence-electron chi connectivity index (χ1n) is 5.16. The second-order valence-corrected chi connectivity index (χ2v) is 3.29. The van der Waals surface area contributed by atoms with Crippen LogP contribution in [0.25, 0.3) is 0 Å². The summed E-state index contributed by atoms with van der Waals surface area (Å²) in [6, 6.07) is 0. The minimum Gasteiger partial charge on any atom is -0.390 e. The molecule has 4 nitrogen and oxygen atoms in total. The van der Waals surface area contributed by atoms with E-state index in [1.165, 1.54) is 0 Å². The van der Waals surface area contributed by atoms with E-state index in [1.54, 1.807) is 6.20 Å². The van der Waals surface area contributed by atoms with Crippen molar-refractivity contribution in [3.8, 4) is 0 Å². The monoisotopic (exact) mass is 197 g/mol. The molecule has 0 atom stereocenters. The molecule has 2 N–H and O–H groups in total. The standard InChI is InChI=1S/C10H19N3O/c1-3-13(4-2)6-5-10-11-7-9(8-14)12-10/h7,14H,3-6,8H2,1-2H3,(H,11,12). The van der Waals surface area contributed by atoms with E-state index in [9.17, 15) is 0 Å². The van der Waals surface area contributed by atoms with Crippen LogP contribution in [0.1, 0.15) is 25.4 Å². The zero-order valence-electron chi connectivity index (χ0n) is 8.95. The highest BCUT2D eigenvalue weighted by molar-refractivity contribution is 4.99. The van der Waals surface area contributed by atoms with Crippen molar-refractivity contribution in [2.75, 3.05) is 19.6 Å². The Morgan fingerprint density at radius 3 is 2.64 bits per heavy atom. The van der Waals surface area contributed by atoms with Gasteiger partial charge in [-0.1, -0.05) is 13.8 Å². The van der Waals surface area contributed by atoms with Crippen molar-refractivity contribution in [2.45, 2.75) is 26.9 Å². The number of aromatic amines is 1. The lowest BCUT2D eigenvalue weighted by Crippen LogP contribution is -2.25. The zero-order valence-corrected chi connectivity index (χ0v) is 8.95. The van der Waals surface area contributed by atoms with Crippen LogP contribution in [0.5, 0.6) is 0 Å². The van der Waals surface area contributed by atoms with Gasteiger partial charge in [0.25, 0.3) is 0 Å². The predicted molar refractivity (Wildman–Crippen MR) is 56.0 cm³/mol. The molecule has 0 bridgehead atoms. The number of nitrogens with zero attached hydrogens (tertiary/aromatic N) is 2. The van der Waals surface area contributed by atoms with E-state index in [0.29, 0.717) is 0 Å². The SMILES string of the molecule is CCN(CC)CCc1ncc(CO)[nH]1. The van der Waals surface area contributed by atoms with Crippen LogP contribution in [-0.2, 0) is 13.0 Å². The molecule has 0 aliphatic heterocycles.